The molecule has 1 aromatic rings. The molecule has 2 N–H and O–H groups in total. The van der Waals surface area contributed by atoms with E-state index in [9.17, 15) is 14.7 Å². The Labute approximate surface area is 183 Å². The number of allylic oxidation sites excluding steroid dienone is 3. The Balaban J connectivity index is 2.07. The molecule has 0 spiro atoms. The molecule has 1 aromatic carbocycles. The molecule has 0 aromatic heterocycles. The van der Waals surface area contributed by atoms with Crippen LogP contribution in [0.15, 0.2) is 40.7 Å². The van der Waals surface area contributed by atoms with Crippen molar-refractivity contribution in [2.24, 2.45) is 5.41 Å². The zero-order valence-electron chi connectivity index (χ0n) is 18.8. The van der Waals surface area contributed by atoms with Crippen LogP contribution in [0.3, 0.4) is 0 Å². The van der Waals surface area contributed by atoms with E-state index in [-0.39, 0.29) is 29.3 Å². The maximum absolute atomic E-state index is 13.3. The summed E-state index contributed by atoms with van der Waals surface area (Å²) in [4.78, 5) is 26.3. The standard InChI is InChI=1S/C24H31NO6/c1-6-30-9-10-31-23(28)20-14(2)25-16-12-24(3,4)13-18(27)22(16)21(20)15-7-8-17(26)19(11-15)29-5/h7-8,11,21,25-26H,6,9-10,12-13H2,1-5H3. The quantitative estimate of drug-likeness (QED) is 0.505. The minimum atomic E-state index is -0.603. The Morgan fingerprint density at radius 2 is 2.00 bits per heavy atom. The molecular weight excluding hydrogens is 398 g/mol. The largest absolute Gasteiger partial charge is 0.504 e. The molecular formula is C24H31NO6. The number of phenols is 1. The number of aromatic hydroxyl groups is 1. The summed E-state index contributed by atoms with van der Waals surface area (Å²) in [6, 6.07) is 4.90. The maximum Gasteiger partial charge on any atom is 0.336 e. The third-order valence-corrected chi connectivity index (χ3v) is 5.66. The van der Waals surface area contributed by atoms with Crippen LogP contribution in [0, 0.1) is 5.41 Å². The number of phenolic OH excluding ortho intramolecular Hbond substituents is 1. The van der Waals surface area contributed by atoms with Crippen LogP contribution >= 0.6 is 0 Å². The second-order valence-corrected chi connectivity index (χ2v) is 8.69. The van der Waals surface area contributed by atoms with Gasteiger partial charge in [-0.25, -0.2) is 4.79 Å². The fraction of sp³-hybridized carbons (Fsp3) is 0.500. The SMILES string of the molecule is CCOCCOC(=O)C1=C(C)NC2=C(C(=O)CC(C)(C)C2)C1c1ccc(O)c(OC)c1. The minimum absolute atomic E-state index is 0.00269. The van der Waals surface area contributed by atoms with Crippen LogP contribution in [0.2, 0.25) is 0 Å². The predicted molar refractivity (Wildman–Crippen MR) is 116 cm³/mol. The average molecular weight is 430 g/mol. The Kier molecular flexibility index (Phi) is 6.74. The molecule has 31 heavy (non-hydrogen) atoms. The maximum atomic E-state index is 13.3. The molecule has 2 aliphatic rings. The van der Waals surface area contributed by atoms with E-state index in [1.165, 1.54) is 13.2 Å². The lowest BCUT2D eigenvalue weighted by molar-refractivity contribution is -0.140. The van der Waals surface area contributed by atoms with Gasteiger partial charge in [0, 0.05) is 35.9 Å². The third-order valence-electron chi connectivity index (χ3n) is 5.66. The molecule has 7 nitrogen and oxygen atoms in total. The average Bonchev–Trinajstić information content (AvgIpc) is 2.69. The number of hydrogen-bond donors (Lipinski definition) is 2. The molecule has 0 saturated carbocycles. The summed E-state index contributed by atoms with van der Waals surface area (Å²) in [6.07, 6.45) is 1.09. The van der Waals surface area contributed by atoms with Crippen LogP contribution < -0.4 is 10.1 Å². The highest BCUT2D eigenvalue weighted by atomic mass is 16.6. The molecule has 1 aliphatic heterocycles. The highest BCUT2D eigenvalue weighted by Gasteiger charge is 2.43. The number of carbonyl (C=O) groups is 2. The van der Waals surface area contributed by atoms with Crippen LogP contribution in [0.25, 0.3) is 0 Å². The number of ether oxygens (including phenoxy) is 3. The van der Waals surface area contributed by atoms with E-state index in [1.807, 2.05) is 13.8 Å². The number of rotatable bonds is 7. The first kappa shape index (κ1) is 22.9. The normalized spacial score (nSPS) is 20.3. The van der Waals surface area contributed by atoms with Gasteiger partial charge in [0.25, 0.3) is 0 Å². The van der Waals surface area contributed by atoms with Crippen molar-refractivity contribution in [1.82, 2.24) is 5.32 Å². The van der Waals surface area contributed by atoms with Crippen molar-refractivity contribution in [2.75, 3.05) is 26.9 Å². The number of methoxy groups -OCH3 is 1. The van der Waals surface area contributed by atoms with E-state index < -0.39 is 11.9 Å². The minimum Gasteiger partial charge on any atom is -0.504 e. The van der Waals surface area contributed by atoms with Crippen molar-refractivity contribution >= 4 is 11.8 Å². The van der Waals surface area contributed by atoms with Crippen molar-refractivity contribution in [3.63, 3.8) is 0 Å². The third kappa shape index (κ3) is 4.77. The summed E-state index contributed by atoms with van der Waals surface area (Å²) in [5.74, 6) is -0.821. The molecule has 0 amide bonds. The number of Topliss-reactive ketones (excluding diaryl/α,β-unsaturated/α-hetero) is 1. The highest BCUT2D eigenvalue weighted by Crippen LogP contribution is 2.47. The van der Waals surface area contributed by atoms with E-state index in [4.69, 9.17) is 14.2 Å². The van der Waals surface area contributed by atoms with E-state index >= 15 is 0 Å². The molecule has 168 valence electrons. The molecule has 1 heterocycles. The van der Waals surface area contributed by atoms with E-state index in [1.54, 1.807) is 12.1 Å². The van der Waals surface area contributed by atoms with Gasteiger partial charge in [-0.1, -0.05) is 19.9 Å². The fourth-order valence-corrected chi connectivity index (χ4v) is 4.33. The summed E-state index contributed by atoms with van der Waals surface area (Å²) in [7, 11) is 1.46. The predicted octanol–water partition coefficient (Wildman–Crippen LogP) is 3.58. The van der Waals surface area contributed by atoms with Gasteiger partial charge in [0.1, 0.15) is 6.61 Å². The Morgan fingerprint density at radius 3 is 2.68 bits per heavy atom. The second kappa shape index (κ2) is 9.14. The zero-order valence-corrected chi connectivity index (χ0v) is 18.8. The second-order valence-electron chi connectivity index (χ2n) is 8.69. The monoisotopic (exact) mass is 429 g/mol. The van der Waals surface area contributed by atoms with E-state index in [0.717, 1.165) is 5.70 Å². The first-order valence-electron chi connectivity index (χ1n) is 10.5. The Bertz CT molecular complexity index is 943. The van der Waals surface area contributed by atoms with Crippen molar-refractivity contribution < 1.29 is 28.9 Å². The van der Waals surface area contributed by atoms with Crippen LogP contribution in [-0.4, -0.2) is 43.8 Å². The summed E-state index contributed by atoms with van der Waals surface area (Å²) < 4.78 is 16.0. The van der Waals surface area contributed by atoms with E-state index in [0.29, 0.717) is 48.5 Å². The lowest BCUT2D eigenvalue weighted by Gasteiger charge is -2.39. The number of esters is 1. The summed E-state index contributed by atoms with van der Waals surface area (Å²) in [5.41, 5.74) is 2.97. The first-order chi connectivity index (χ1) is 14.7. The number of carbonyl (C=O) groups excluding carboxylic acids is 2. The van der Waals surface area contributed by atoms with Gasteiger partial charge in [0.2, 0.25) is 0 Å². The highest BCUT2D eigenvalue weighted by molar-refractivity contribution is 6.04. The van der Waals surface area contributed by atoms with Gasteiger partial charge < -0.3 is 24.6 Å². The fourth-order valence-electron chi connectivity index (χ4n) is 4.33. The number of nitrogens with one attached hydrogen (secondary N) is 1. The molecule has 1 atom stereocenters. The smallest absolute Gasteiger partial charge is 0.336 e. The lowest BCUT2D eigenvalue weighted by Crippen LogP contribution is -2.38. The van der Waals surface area contributed by atoms with Crippen molar-refractivity contribution in [3.05, 3.63) is 46.3 Å². The van der Waals surface area contributed by atoms with Crippen molar-refractivity contribution in [2.45, 2.75) is 46.5 Å². The van der Waals surface area contributed by atoms with Crippen LogP contribution in [0.1, 0.15) is 52.0 Å². The summed E-state index contributed by atoms with van der Waals surface area (Å²) in [5, 5.41) is 13.3. The van der Waals surface area contributed by atoms with Crippen LogP contribution in [0.4, 0.5) is 0 Å². The Hall–Kier alpha value is -2.80. The van der Waals surface area contributed by atoms with Gasteiger partial charge in [-0.3, -0.25) is 4.79 Å². The first-order valence-corrected chi connectivity index (χ1v) is 10.5. The molecule has 1 aliphatic carbocycles. The van der Waals surface area contributed by atoms with Gasteiger partial charge in [0.05, 0.1) is 19.3 Å². The molecule has 3 rings (SSSR count). The Morgan fingerprint density at radius 1 is 1.26 bits per heavy atom. The van der Waals surface area contributed by atoms with E-state index in [2.05, 4.69) is 19.2 Å². The van der Waals surface area contributed by atoms with Crippen molar-refractivity contribution in [1.29, 1.82) is 0 Å². The van der Waals surface area contributed by atoms with Gasteiger partial charge >= 0.3 is 5.97 Å². The van der Waals surface area contributed by atoms with Gasteiger partial charge in [0.15, 0.2) is 17.3 Å². The van der Waals surface area contributed by atoms with Gasteiger partial charge in [-0.2, -0.15) is 0 Å². The molecule has 0 bridgehead atoms. The molecule has 0 saturated heterocycles. The number of ketones is 1. The topological polar surface area (TPSA) is 94.1 Å². The summed E-state index contributed by atoms with van der Waals surface area (Å²) in [6.45, 7) is 8.79. The molecule has 1 unspecified atom stereocenters. The summed E-state index contributed by atoms with van der Waals surface area (Å²) >= 11 is 0. The van der Waals surface area contributed by atoms with Gasteiger partial charge in [-0.05, 0) is 43.4 Å². The number of benzene rings is 1. The zero-order chi connectivity index (χ0) is 22.8. The van der Waals surface area contributed by atoms with Crippen molar-refractivity contribution in [3.8, 4) is 11.5 Å². The van der Waals surface area contributed by atoms with Gasteiger partial charge in [-0.15, -0.1) is 0 Å². The molecule has 7 heteroatoms. The number of hydrogen-bond acceptors (Lipinski definition) is 7. The molecule has 0 radical (unpaired) electrons. The number of dihydropyridines is 1. The van der Waals surface area contributed by atoms with Crippen LogP contribution in [0.5, 0.6) is 11.5 Å². The molecule has 0 fully saturated rings. The van der Waals surface area contributed by atoms with Crippen LogP contribution in [-0.2, 0) is 19.1 Å². The lowest BCUT2D eigenvalue weighted by atomic mass is 9.68.